The predicted molar refractivity (Wildman–Crippen MR) is 165 cm³/mol. The molecular weight excluding hydrogens is 536 g/mol. The number of hydrogen-bond acceptors (Lipinski definition) is 7. The molecule has 1 aliphatic heterocycles. The summed E-state index contributed by atoms with van der Waals surface area (Å²) in [6.45, 7) is 5.96. The number of thiazole rings is 1. The maximum absolute atomic E-state index is 12.8. The second-order valence-electron chi connectivity index (χ2n) is 10.3. The van der Waals surface area contributed by atoms with Crippen molar-refractivity contribution in [3.05, 3.63) is 83.7 Å². The van der Waals surface area contributed by atoms with Crippen molar-refractivity contribution in [2.45, 2.75) is 39.2 Å². The molecule has 0 unspecified atom stereocenters. The molecule has 0 aliphatic carbocycles. The van der Waals surface area contributed by atoms with Gasteiger partial charge in [-0.2, -0.15) is 0 Å². The van der Waals surface area contributed by atoms with Gasteiger partial charge in [-0.05, 0) is 93.8 Å². The van der Waals surface area contributed by atoms with E-state index in [9.17, 15) is 9.59 Å². The number of ether oxygens (including phenoxy) is 1. The summed E-state index contributed by atoms with van der Waals surface area (Å²) in [6.07, 6.45) is 3.73. The predicted octanol–water partition coefficient (Wildman–Crippen LogP) is 7.06. The van der Waals surface area contributed by atoms with Crippen molar-refractivity contribution in [1.29, 1.82) is 0 Å². The largest absolute Gasteiger partial charge is 0.482 e. The number of carbonyl (C=O) groups is 2. The lowest BCUT2D eigenvalue weighted by atomic mass is 10.1. The Bertz CT molecular complexity index is 1460. The van der Waals surface area contributed by atoms with E-state index >= 15 is 0 Å². The Morgan fingerprint density at radius 1 is 0.976 bits per heavy atom. The van der Waals surface area contributed by atoms with Gasteiger partial charge in [0.15, 0.2) is 11.7 Å². The maximum Gasteiger partial charge on any atom is 0.341 e. The molecule has 9 heteroatoms. The van der Waals surface area contributed by atoms with Crippen LogP contribution in [0.25, 0.3) is 11.3 Å². The first kappa shape index (κ1) is 28.2. The third kappa shape index (κ3) is 7.05. The minimum absolute atomic E-state index is 0.133. The molecule has 1 amide bonds. The Morgan fingerprint density at radius 3 is 2.29 bits per heavy atom. The van der Waals surface area contributed by atoms with Crippen molar-refractivity contribution in [1.82, 2.24) is 4.98 Å². The van der Waals surface area contributed by atoms with Gasteiger partial charge in [0.25, 0.3) is 5.91 Å². The van der Waals surface area contributed by atoms with Gasteiger partial charge < -0.3 is 25.0 Å². The highest BCUT2D eigenvalue weighted by Gasteiger charge is 2.18. The first-order valence-electron chi connectivity index (χ1n) is 13.8. The van der Waals surface area contributed by atoms with Gasteiger partial charge in [0, 0.05) is 52.7 Å². The van der Waals surface area contributed by atoms with Crippen molar-refractivity contribution < 1.29 is 19.4 Å². The van der Waals surface area contributed by atoms with Crippen LogP contribution in [-0.4, -0.2) is 47.7 Å². The molecule has 3 aromatic carbocycles. The van der Waals surface area contributed by atoms with E-state index in [1.165, 1.54) is 24.9 Å². The van der Waals surface area contributed by atoms with Crippen LogP contribution in [0.1, 0.15) is 43.5 Å². The standard InChI is InChI=1S/C32H34N4O4S/c1-22(2)36(27-14-16-28(17-15-27)40-20-30(37)38)32-34-29(21-41-32)23-6-10-25(11-7-23)33-31(39)24-8-12-26(13-9-24)35-18-4-3-5-19-35/h6-17,21-22H,3-5,18-20H2,1-2H3,(H,33,39)(H,37,38). The number of carbonyl (C=O) groups excluding carboxylic acids is 1. The third-order valence-electron chi connectivity index (χ3n) is 6.98. The Kier molecular flexibility index (Phi) is 8.84. The molecule has 2 heterocycles. The van der Waals surface area contributed by atoms with Crippen LogP contribution in [0.4, 0.5) is 22.2 Å². The highest BCUT2D eigenvalue weighted by molar-refractivity contribution is 7.14. The van der Waals surface area contributed by atoms with E-state index in [1.54, 1.807) is 23.5 Å². The number of nitrogens with one attached hydrogen (secondary N) is 1. The molecule has 0 atom stereocenters. The molecule has 0 spiro atoms. The number of amides is 1. The van der Waals surface area contributed by atoms with E-state index in [-0.39, 0.29) is 18.6 Å². The summed E-state index contributed by atoms with van der Waals surface area (Å²) >= 11 is 1.55. The van der Waals surface area contributed by atoms with E-state index in [0.717, 1.165) is 40.9 Å². The quantitative estimate of drug-likeness (QED) is 0.211. The molecule has 41 heavy (non-hydrogen) atoms. The van der Waals surface area contributed by atoms with Crippen molar-refractivity contribution in [3.63, 3.8) is 0 Å². The van der Waals surface area contributed by atoms with Gasteiger partial charge >= 0.3 is 5.97 Å². The Labute approximate surface area is 244 Å². The zero-order valence-electron chi connectivity index (χ0n) is 23.2. The lowest BCUT2D eigenvalue weighted by Crippen LogP contribution is -2.29. The average molecular weight is 571 g/mol. The number of carboxylic acid groups (broad SMARTS) is 1. The van der Waals surface area contributed by atoms with Crippen LogP contribution >= 0.6 is 11.3 Å². The highest BCUT2D eigenvalue weighted by Crippen LogP contribution is 2.35. The number of hydrogen-bond donors (Lipinski definition) is 2. The summed E-state index contributed by atoms with van der Waals surface area (Å²) in [4.78, 5) is 33.0. The lowest BCUT2D eigenvalue weighted by molar-refractivity contribution is -0.139. The second-order valence-corrected chi connectivity index (χ2v) is 11.1. The molecule has 1 aromatic heterocycles. The zero-order chi connectivity index (χ0) is 28.8. The molecule has 5 rings (SSSR count). The van der Waals surface area contributed by atoms with Gasteiger partial charge in [-0.3, -0.25) is 4.79 Å². The maximum atomic E-state index is 12.8. The van der Waals surface area contributed by atoms with Crippen LogP contribution in [0.5, 0.6) is 5.75 Å². The first-order chi connectivity index (χ1) is 19.9. The highest BCUT2D eigenvalue weighted by atomic mass is 32.1. The number of nitrogens with zero attached hydrogens (tertiary/aromatic N) is 3. The van der Waals surface area contributed by atoms with Crippen LogP contribution in [0.2, 0.25) is 0 Å². The van der Waals surface area contributed by atoms with Crippen LogP contribution in [0, 0.1) is 0 Å². The Morgan fingerprint density at radius 2 is 1.66 bits per heavy atom. The first-order valence-corrected chi connectivity index (χ1v) is 14.7. The minimum Gasteiger partial charge on any atom is -0.482 e. The molecular formula is C32H34N4O4S. The van der Waals surface area contributed by atoms with Gasteiger partial charge in [0.05, 0.1) is 5.69 Å². The molecule has 0 radical (unpaired) electrons. The fraction of sp³-hybridized carbons (Fsp3) is 0.281. The van der Waals surface area contributed by atoms with Gasteiger partial charge in [-0.1, -0.05) is 12.1 Å². The van der Waals surface area contributed by atoms with Crippen molar-refractivity contribution in [2.75, 3.05) is 34.8 Å². The number of benzene rings is 3. The van der Waals surface area contributed by atoms with Crippen LogP contribution < -0.4 is 19.9 Å². The van der Waals surface area contributed by atoms with E-state index in [4.69, 9.17) is 14.8 Å². The molecule has 212 valence electrons. The molecule has 0 saturated carbocycles. The van der Waals surface area contributed by atoms with Crippen LogP contribution in [0.3, 0.4) is 0 Å². The van der Waals surface area contributed by atoms with E-state index < -0.39 is 5.97 Å². The Balaban J connectivity index is 1.23. The zero-order valence-corrected chi connectivity index (χ0v) is 24.1. The number of anilines is 4. The van der Waals surface area contributed by atoms with Crippen molar-refractivity contribution in [2.24, 2.45) is 0 Å². The fourth-order valence-corrected chi connectivity index (χ4v) is 5.87. The summed E-state index contributed by atoms with van der Waals surface area (Å²) < 4.78 is 5.26. The second kappa shape index (κ2) is 12.9. The lowest BCUT2D eigenvalue weighted by Gasteiger charge is -2.28. The summed E-state index contributed by atoms with van der Waals surface area (Å²) in [7, 11) is 0. The smallest absolute Gasteiger partial charge is 0.341 e. The van der Waals surface area contributed by atoms with Crippen molar-refractivity contribution >= 4 is 45.4 Å². The third-order valence-corrected chi connectivity index (χ3v) is 7.82. The number of carboxylic acids is 1. The minimum atomic E-state index is -1.01. The van der Waals surface area contributed by atoms with E-state index in [2.05, 4.69) is 29.0 Å². The van der Waals surface area contributed by atoms with Crippen LogP contribution in [-0.2, 0) is 4.79 Å². The molecule has 4 aromatic rings. The number of rotatable bonds is 10. The average Bonchev–Trinajstić information content (AvgIpc) is 3.47. The van der Waals surface area contributed by atoms with Gasteiger partial charge in [0.1, 0.15) is 5.75 Å². The number of piperidine rings is 1. The molecule has 8 nitrogen and oxygen atoms in total. The summed E-state index contributed by atoms with van der Waals surface area (Å²) in [5, 5.41) is 14.7. The Hall–Kier alpha value is -4.37. The summed E-state index contributed by atoms with van der Waals surface area (Å²) in [5.74, 6) is -0.645. The molecule has 1 saturated heterocycles. The fourth-order valence-electron chi connectivity index (χ4n) is 4.89. The van der Waals surface area contributed by atoms with Gasteiger partial charge in [0.2, 0.25) is 0 Å². The monoisotopic (exact) mass is 570 g/mol. The topological polar surface area (TPSA) is 95.0 Å². The van der Waals surface area contributed by atoms with Crippen LogP contribution in [0.15, 0.2) is 78.2 Å². The van der Waals surface area contributed by atoms with E-state index in [1.807, 2.05) is 66.0 Å². The molecule has 2 N–H and O–H groups in total. The number of aliphatic carboxylic acids is 1. The van der Waals surface area contributed by atoms with Gasteiger partial charge in [-0.15, -0.1) is 11.3 Å². The SMILES string of the molecule is CC(C)N(c1ccc(OCC(=O)O)cc1)c1nc(-c2ccc(NC(=O)c3ccc(N4CCCCC4)cc3)cc2)cs1. The summed E-state index contributed by atoms with van der Waals surface area (Å²) in [6, 6.07) is 23.0. The summed E-state index contributed by atoms with van der Waals surface area (Å²) in [5.41, 5.74) is 5.27. The molecule has 0 bridgehead atoms. The van der Waals surface area contributed by atoms with Gasteiger partial charge in [-0.25, -0.2) is 9.78 Å². The normalized spacial score (nSPS) is 13.2. The van der Waals surface area contributed by atoms with E-state index in [0.29, 0.717) is 11.3 Å². The van der Waals surface area contributed by atoms with Crippen molar-refractivity contribution in [3.8, 4) is 17.0 Å². The molecule has 1 fully saturated rings. The number of aromatic nitrogens is 1. The molecule has 1 aliphatic rings.